The fraction of sp³-hybridized carbons (Fsp3) is 0.533. The number of hydrogen-bond acceptors (Lipinski definition) is 3. The number of fused-ring (bicyclic) bond motifs is 1. The Morgan fingerprint density at radius 3 is 2.68 bits per heavy atom. The van der Waals surface area contributed by atoms with E-state index in [0.29, 0.717) is 11.6 Å². The molecule has 0 bridgehead atoms. The Balaban J connectivity index is 2.39. The van der Waals surface area contributed by atoms with Crippen LogP contribution in [-0.4, -0.2) is 30.6 Å². The molecule has 0 aromatic heterocycles. The molecule has 1 N–H and O–H groups in total. The van der Waals surface area contributed by atoms with Gasteiger partial charge in [-0.1, -0.05) is 13.0 Å². The lowest BCUT2D eigenvalue weighted by molar-refractivity contribution is -0.125. The second-order valence-corrected chi connectivity index (χ2v) is 5.09. The maximum atomic E-state index is 11.8. The fourth-order valence-corrected chi connectivity index (χ4v) is 2.64. The van der Waals surface area contributed by atoms with Gasteiger partial charge in [0.25, 0.3) is 5.91 Å². The van der Waals surface area contributed by atoms with Crippen molar-refractivity contribution in [2.24, 2.45) is 0 Å². The van der Waals surface area contributed by atoms with Crippen LogP contribution in [0.3, 0.4) is 0 Å². The number of carbonyl (C=O) groups excluding carboxylic acids is 1. The Morgan fingerprint density at radius 2 is 2.11 bits per heavy atom. The molecule has 1 amide bonds. The second kappa shape index (κ2) is 5.21. The molecule has 1 heterocycles. The number of benzene rings is 1. The summed E-state index contributed by atoms with van der Waals surface area (Å²) in [6, 6.07) is 6.31. The zero-order valence-electron chi connectivity index (χ0n) is 12.1. The Morgan fingerprint density at radius 1 is 1.42 bits per heavy atom. The third kappa shape index (κ3) is 2.21. The molecule has 0 spiro atoms. The van der Waals surface area contributed by atoms with Crippen molar-refractivity contribution in [2.75, 3.05) is 23.4 Å². The molecule has 2 atom stereocenters. The molecule has 0 aliphatic carbocycles. The van der Waals surface area contributed by atoms with E-state index in [2.05, 4.69) is 25.7 Å². The number of anilines is 2. The summed E-state index contributed by atoms with van der Waals surface area (Å²) in [6.45, 7) is 7.41. The predicted octanol–water partition coefficient (Wildman–Crippen LogP) is 2.32. The van der Waals surface area contributed by atoms with Gasteiger partial charge in [-0.3, -0.25) is 4.79 Å². The molecule has 104 valence electrons. The molecule has 1 aromatic carbocycles. The van der Waals surface area contributed by atoms with Gasteiger partial charge < -0.3 is 14.9 Å². The van der Waals surface area contributed by atoms with Crippen molar-refractivity contribution >= 4 is 17.3 Å². The van der Waals surface area contributed by atoms with Gasteiger partial charge in [-0.15, -0.1) is 0 Å². The monoisotopic (exact) mass is 262 g/mol. The van der Waals surface area contributed by atoms with Crippen LogP contribution in [0, 0.1) is 0 Å². The van der Waals surface area contributed by atoms with Crippen molar-refractivity contribution in [1.82, 2.24) is 0 Å². The lowest BCUT2D eigenvalue weighted by atomic mass is 10.1. The number of aliphatic hydroxyl groups excluding tert-OH is 1. The number of rotatable bonds is 4. The SMILES string of the molecule is CCC(C)N(CC)c1ccc2c(c1)N(C)C(=O)C2O. The molecular formula is C15H22N2O2. The standard InChI is InChI=1S/C15H22N2O2/c1-5-10(3)17(6-2)11-7-8-12-13(9-11)16(4)15(19)14(12)18/h7-10,14,18H,5-6H2,1-4H3. The summed E-state index contributed by atoms with van der Waals surface area (Å²) in [7, 11) is 1.71. The van der Waals surface area contributed by atoms with Gasteiger partial charge in [0.1, 0.15) is 0 Å². The summed E-state index contributed by atoms with van der Waals surface area (Å²) in [4.78, 5) is 15.6. The third-order valence-corrected chi connectivity index (χ3v) is 4.03. The molecule has 0 radical (unpaired) electrons. The largest absolute Gasteiger partial charge is 0.378 e. The number of likely N-dealkylation sites (N-methyl/N-ethyl adjacent to an activating group) is 1. The molecule has 2 rings (SSSR count). The number of amides is 1. The van der Waals surface area contributed by atoms with Crippen LogP contribution in [0.25, 0.3) is 0 Å². The van der Waals surface area contributed by atoms with Gasteiger partial charge in [0.05, 0.1) is 5.69 Å². The number of aliphatic hydroxyl groups is 1. The van der Waals surface area contributed by atoms with Crippen LogP contribution in [0.2, 0.25) is 0 Å². The third-order valence-electron chi connectivity index (χ3n) is 4.03. The van der Waals surface area contributed by atoms with Crippen LogP contribution in [0.1, 0.15) is 38.9 Å². The average molecular weight is 262 g/mol. The molecule has 19 heavy (non-hydrogen) atoms. The van der Waals surface area contributed by atoms with Crippen molar-refractivity contribution < 1.29 is 9.90 Å². The first-order chi connectivity index (χ1) is 9.01. The Hall–Kier alpha value is -1.55. The number of hydrogen-bond donors (Lipinski definition) is 1. The summed E-state index contributed by atoms with van der Waals surface area (Å²) in [5.41, 5.74) is 2.62. The normalized spacial score (nSPS) is 19.5. The van der Waals surface area contributed by atoms with Crippen LogP contribution >= 0.6 is 0 Å². The second-order valence-electron chi connectivity index (χ2n) is 5.09. The summed E-state index contributed by atoms with van der Waals surface area (Å²) in [5.74, 6) is -0.251. The predicted molar refractivity (Wildman–Crippen MR) is 77.6 cm³/mol. The van der Waals surface area contributed by atoms with Crippen molar-refractivity contribution in [3.63, 3.8) is 0 Å². The van der Waals surface area contributed by atoms with Crippen molar-refractivity contribution in [1.29, 1.82) is 0 Å². The molecule has 2 unspecified atom stereocenters. The van der Waals surface area contributed by atoms with E-state index in [9.17, 15) is 9.90 Å². The smallest absolute Gasteiger partial charge is 0.260 e. The van der Waals surface area contributed by atoms with Gasteiger partial charge in [-0.25, -0.2) is 0 Å². The highest BCUT2D eigenvalue weighted by Crippen LogP contribution is 2.37. The topological polar surface area (TPSA) is 43.8 Å². The van der Waals surface area contributed by atoms with Crippen LogP contribution in [0.4, 0.5) is 11.4 Å². The van der Waals surface area contributed by atoms with E-state index in [-0.39, 0.29) is 5.91 Å². The molecule has 1 aliphatic rings. The van der Waals surface area contributed by atoms with Crippen LogP contribution in [0.15, 0.2) is 18.2 Å². The molecule has 0 fully saturated rings. The van der Waals surface area contributed by atoms with Gasteiger partial charge in [0.15, 0.2) is 6.10 Å². The van der Waals surface area contributed by atoms with E-state index >= 15 is 0 Å². The highest BCUT2D eigenvalue weighted by atomic mass is 16.3. The minimum absolute atomic E-state index is 0.251. The highest BCUT2D eigenvalue weighted by molar-refractivity contribution is 6.03. The number of carbonyl (C=O) groups is 1. The Labute approximate surface area is 114 Å². The summed E-state index contributed by atoms with van der Waals surface area (Å²) < 4.78 is 0. The van der Waals surface area contributed by atoms with E-state index in [1.807, 2.05) is 18.2 Å². The molecule has 1 aromatic rings. The maximum Gasteiger partial charge on any atom is 0.260 e. The van der Waals surface area contributed by atoms with Gasteiger partial charge in [0.2, 0.25) is 0 Å². The molecule has 0 saturated carbocycles. The van der Waals surface area contributed by atoms with Crippen molar-refractivity contribution in [2.45, 2.75) is 39.3 Å². The molecule has 0 saturated heterocycles. The molecule has 4 nitrogen and oxygen atoms in total. The van der Waals surface area contributed by atoms with E-state index in [4.69, 9.17) is 0 Å². The zero-order chi connectivity index (χ0) is 14.2. The van der Waals surface area contributed by atoms with E-state index in [0.717, 1.165) is 24.3 Å². The Kier molecular flexibility index (Phi) is 3.80. The molecular weight excluding hydrogens is 240 g/mol. The fourth-order valence-electron chi connectivity index (χ4n) is 2.64. The van der Waals surface area contributed by atoms with Crippen molar-refractivity contribution in [3.05, 3.63) is 23.8 Å². The first-order valence-corrected chi connectivity index (χ1v) is 6.87. The number of nitrogens with zero attached hydrogens (tertiary/aromatic N) is 2. The van der Waals surface area contributed by atoms with Crippen LogP contribution < -0.4 is 9.80 Å². The van der Waals surface area contributed by atoms with E-state index in [1.165, 1.54) is 4.90 Å². The van der Waals surface area contributed by atoms with E-state index < -0.39 is 6.10 Å². The summed E-state index contributed by atoms with van der Waals surface area (Å²) in [6.07, 6.45) is 0.0650. The Bertz CT molecular complexity index is 487. The zero-order valence-corrected chi connectivity index (χ0v) is 12.1. The van der Waals surface area contributed by atoms with E-state index in [1.54, 1.807) is 7.05 Å². The quantitative estimate of drug-likeness (QED) is 0.905. The highest BCUT2D eigenvalue weighted by Gasteiger charge is 2.33. The van der Waals surface area contributed by atoms with Gasteiger partial charge in [-0.2, -0.15) is 0 Å². The summed E-state index contributed by atoms with van der Waals surface area (Å²) in [5, 5.41) is 9.86. The van der Waals surface area contributed by atoms with Crippen LogP contribution in [-0.2, 0) is 4.79 Å². The van der Waals surface area contributed by atoms with Crippen molar-refractivity contribution in [3.8, 4) is 0 Å². The lowest BCUT2D eigenvalue weighted by Gasteiger charge is -2.30. The maximum absolute atomic E-state index is 11.8. The van der Waals surface area contributed by atoms with Crippen LogP contribution in [0.5, 0.6) is 0 Å². The first-order valence-electron chi connectivity index (χ1n) is 6.87. The van der Waals surface area contributed by atoms with Gasteiger partial charge in [-0.05, 0) is 32.4 Å². The first kappa shape index (κ1) is 13.9. The lowest BCUT2D eigenvalue weighted by Crippen LogP contribution is -2.32. The van der Waals surface area contributed by atoms with Gasteiger partial charge in [0, 0.05) is 30.9 Å². The average Bonchev–Trinajstić information content (AvgIpc) is 2.64. The molecule has 4 heteroatoms. The minimum Gasteiger partial charge on any atom is -0.378 e. The minimum atomic E-state index is -1.01. The molecule has 1 aliphatic heterocycles. The summed E-state index contributed by atoms with van der Waals surface area (Å²) >= 11 is 0. The van der Waals surface area contributed by atoms with Gasteiger partial charge >= 0.3 is 0 Å².